The molecular formula is C55H103NO8. The molecule has 64 heavy (non-hydrogen) atoms. The third-order valence-electron chi connectivity index (χ3n) is 13.0. The summed E-state index contributed by atoms with van der Waals surface area (Å²) in [7, 11) is 0. The van der Waals surface area contributed by atoms with Crippen molar-refractivity contribution >= 4 is 5.91 Å². The maximum atomic E-state index is 12.9. The first-order chi connectivity index (χ1) is 31.3. The van der Waals surface area contributed by atoms with Crippen LogP contribution in [-0.4, -0.2) is 87.5 Å². The lowest BCUT2D eigenvalue weighted by molar-refractivity contribution is -0.302. The highest BCUT2D eigenvalue weighted by molar-refractivity contribution is 5.76. The molecule has 9 nitrogen and oxygen atoms in total. The number of unbranched alkanes of at least 4 members (excludes halogenated alkanes) is 30. The molecule has 0 radical (unpaired) electrons. The molecule has 0 aromatic rings. The topological polar surface area (TPSA) is 149 Å². The Hall–Kier alpha value is -1.59. The largest absolute Gasteiger partial charge is 0.394 e. The first-order valence-corrected chi connectivity index (χ1v) is 27.2. The van der Waals surface area contributed by atoms with Crippen LogP contribution in [0.2, 0.25) is 0 Å². The molecule has 0 aromatic heterocycles. The quantitative estimate of drug-likeness (QED) is 0.0261. The van der Waals surface area contributed by atoms with Crippen molar-refractivity contribution in [2.45, 2.75) is 294 Å². The van der Waals surface area contributed by atoms with Crippen LogP contribution in [0.3, 0.4) is 0 Å². The van der Waals surface area contributed by atoms with Crippen LogP contribution in [0.5, 0.6) is 0 Å². The fraction of sp³-hybridized carbons (Fsp3) is 0.873. The molecule has 7 unspecified atom stereocenters. The summed E-state index contributed by atoms with van der Waals surface area (Å²) in [5.41, 5.74) is 0. The summed E-state index contributed by atoms with van der Waals surface area (Å²) in [6, 6.07) is -0.713. The van der Waals surface area contributed by atoms with E-state index in [1.807, 2.05) is 0 Å². The first-order valence-electron chi connectivity index (χ1n) is 27.2. The van der Waals surface area contributed by atoms with E-state index in [-0.39, 0.29) is 12.5 Å². The molecule has 1 fully saturated rings. The third-order valence-corrected chi connectivity index (χ3v) is 13.0. The number of aliphatic hydroxyl groups excluding tert-OH is 5. The fourth-order valence-electron chi connectivity index (χ4n) is 8.64. The van der Waals surface area contributed by atoms with Crippen molar-refractivity contribution < 1.29 is 39.8 Å². The predicted octanol–water partition coefficient (Wildman–Crippen LogP) is 12.8. The van der Waals surface area contributed by atoms with Crippen LogP contribution in [0.4, 0.5) is 0 Å². The number of allylic oxidation sites excluding steroid dienone is 6. The highest BCUT2D eigenvalue weighted by Gasteiger charge is 2.44. The molecule has 6 N–H and O–H groups in total. The van der Waals surface area contributed by atoms with Crippen molar-refractivity contribution in [1.29, 1.82) is 0 Å². The average Bonchev–Trinajstić information content (AvgIpc) is 3.29. The Kier molecular flexibility index (Phi) is 42.7. The molecule has 0 saturated carbocycles. The van der Waals surface area contributed by atoms with E-state index < -0.39 is 49.5 Å². The maximum Gasteiger partial charge on any atom is 0.220 e. The molecule has 1 amide bonds. The van der Waals surface area contributed by atoms with E-state index in [4.69, 9.17) is 9.47 Å². The van der Waals surface area contributed by atoms with Crippen LogP contribution in [0, 0.1) is 0 Å². The van der Waals surface area contributed by atoms with Gasteiger partial charge in [0.1, 0.15) is 24.4 Å². The normalized spacial score (nSPS) is 20.3. The van der Waals surface area contributed by atoms with Gasteiger partial charge in [-0.05, 0) is 51.4 Å². The van der Waals surface area contributed by atoms with Gasteiger partial charge in [0.25, 0.3) is 0 Å². The van der Waals surface area contributed by atoms with Crippen LogP contribution in [0.1, 0.15) is 251 Å². The van der Waals surface area contributed by atoms with Gasteiger partial charge in [0.15, 0.2) is 6.29 Å². The van der Waals surface area contributed by atoms with Crippen molar-refractivity contribution in [2.24, 2.45) is 0 Å². The summed E-state index contributed by atoms with van der Waals surface area (Å²) in [5, 5.41) is 54.1. The zero-order chi connectivity index (χ0) is 46.6. The van der Waals surface area contributed by atoms with Gasteiger partial charge in [-0.25, -0.2) is 0 Å². The van der Waals surface area contributed by atoms with Gasteiger partial charge in [0.05, 0.1) is 25.4 Å². The highest BCUT2D eigenvalue weighted by atomic mass is 16.7. The molecular weight excluding hydrogens is 803 g/mol. The van der Waals surface area contributed by atoms with Gasteiger partial charge in [-0.2, -0.15) is 0 Å². The summed E-state index contributed by atoms with van der Waals surface area (Å²) in [4.78, 5) is 12.9. The van der Waals surface area contributed by atoms with Crippen molar-refractivity contribution in [3.63, 3.8) is 0 Å². The van der Waals surface area contributed by atoms with Crippen LogP contribution in [0.15, 0.2) is 36.5 Å². The van der Waals surface area contributed by atoms with Gasteiger partial charge in [-0.3, -0.25) is 4.79 Å². The number of hydrogen-bond donors (Lipinski definition) is 6. The van der Waals surface area contributed by atoms with Gasteiger partial charge < -0.3 is 40.3 Å². The summed E-state index contributed by atoms with van der Waals surface area (Å²) < 4.78 is 11.2. The number of hydrogen-bond acceptors (Lipinski definition) is 8. The zero-order valence-corrected chi connectivity index (χ0v) is 41.5. The molecule has 376 valence electrons. The minimum absolute atomic E-state index is 0.137. The van der Waals surface area contributed by atoms with Gasteiger partial charge in [-0.1, -0.05) is 230 Å². The summed E-state index contributed by atoms with van der Waals surface area (Å²) in [6.07, 6.45) is 50.9. The molecule has 1 aliphatic rings. The molecule has 7 atom stereocenters. The average molecular weight is 906 g/mol. The molecule has 0 aromatic carbocycles. The molecule has 1 saturated heterocycles. The van der Waals surface area contributed by atoms with E-state index >= 15 is 0 Å². The number of aliphatic hydroxyl groups is 5. The van der Waals surface area contributed by atoms with E-state index in [1.54, 1.807) is 0 Å². The smallest absolute Gasteiger partial charge is 0.220 e. The number of rotatable bonds is 46. The zero-order valence-electron chi connectivity index (χ0n) is 41.5. The Labute approximate surface area is 393 Å². The molecule has 0 spiro atoms. The van der Waals surface area contributed by atoms with Crippen molar-refractivity contribution in [3.8, 4) is 0 Å². The summed E-state index contributed by atoms with van der Waals surface area (Å²) in [5.74, 6) is -0.147. The van der Waals surface area contributed by atoms with Gasteiger partial charge in [0, 0.05) is 6.42 Å². The van der Waals surface area contributed by atoms with Crippen molar-refractivity contribution in [2.75, 3.05) is 13.2 Å². The van der Waals surface area contributed by atoms with Crippen molar-refractivity contribution in [1.82, 2.24) is 5.32 Å². The van der Waals surface area contributed by atoms with E-state index in [2.05, 4.69) is 55.6 Å². The second-order valence-electron chi connectivity index (χ2n) is 19.0. The monoisotopic (exact) mass is 906 g/mol. The van der Waals surface area contributed by atoms with Gasteiger partial charge in [0.2, 0.25) is 5.91 Å². The van der Waals surface area contributed by atoms with Gasteiger partial charge in [-0.15, -0.1) is 0 Å². The second kappa shape index (κ2) is 45.2. The SMILES string of the molecule is CCCCCCC/C=C\C/C=C\C/C=C\CCCCCCCCCCCCCCCCCCCCCCC(=O)NC(COC1OC(CO)C(O)C(O)C1O)C(O)CCCCCCCC. The van der Waals surface area contributed by atoms with Crippen LogP contribution < -0.4 is 5.32 Å². The maximum absolute atomic E-state index is 12.9. The number of nitrogens with one attached hydrogen (secondary N) is 1. The van der Waals surface area contributed by atoms with E-state index in [0.717, 1.165) is 51.4 Å². The Morgan fingerprint density at radius 2 is 0.922 bits per heavy atom. The molecule has 1 aliphatic heterocycles. The van der Waals surface area contributed by atoms with Crippen LogP contribution in [0.25, 0.3) is 0 Å². The van der Waals surface area contributed by atoms with E-state index in [9.17, 15) is 30.3 Å². The lowest BCUT2D eigenvalue weighted by atomic mass is 9.99. The molecule has 9 heteroatoms. The Balaban J connectivity index is 1.99. The van der Waals surface area contributed by atoms with E-state index in [1.165, 1.54) is 173 Å². The number of carbonyl (C=O) groups excluding carboxylic acids is 1. The Morgan fingerprint density at radius 3 is 1.36 bits per heavy atom. The molecule has 1 rings (SSSR count). The molecule has 0 aliphatic carbocycles. The summed E-state index contributed by atoms with van der Waals surface area (Å²) in [6.45, 7) is 3.76. The summed E-state index contributed by atoms with van der Waals surface area (Å²) >= 11 is 0. The third kappa shape index (κ3) is 34.7. The minimum Gasteiger partial charge on any atom is -0.394 e. The predicted molar refractivity (Wildman–Crippen MR) is 267 cm³/mol. The highest BCUT2D eigenvalue weighted by Crippen LogP contribution is 2.23. The number of amides is 1. The van der Waals surface area contributed by atoms with Crippen LogP contribution >= 0.6 is 0 Å². The Bertz CT molecular complexity index is 1100. The lowest BCUT2D eigenvalue weighted by Gasteiger charge is -2.40. The first kappa shape index (κ1) is 60.4. The standard InChI is InChI=1S/C55H103NO8/c1-3-5-7-9-11-12-13-14-15-16-17-18-19-20-21-22-23-24-25-26-27-28-29-30-31-32-33-34-35-36-37-38-39-41-43-45-51(59)56-48(49(58)44-42-40-10-8-6-4-2)47-63-55-54(62)53(61)52(60)50(46-57)64-55/h13-14,16-17,19-20,48-50,52-55,57-58,60-62H,3-12,15,18,21-47H2,1-2H3,(H,56,59)/b14-13-,17-16-,20-19-. The van der Waals surface area contributed by atoms with Gasteiger partial charge >= 0.3 is 0 Å². The van der Waals surface area contributed by atoms with E-state index in [0.29, 0.717) is 12.8 Å². The lowest BCUT2D eigenvalue weighted by Crippen LogP contribution is -2.60. The molecule has 1 heterocycles. The minimum atomic E-state index is -1.55. The number of carbonyl (C=O) groups is 1. The Morgan fingerprint density at radius 1 is 0.531 bits per heavy atom. The van der Waals surface area contributed by atoms with Crippen molar-refractivity contribution in [3.05, 3.63) is 36.5 Å². The van der Waals surface area contributed by atoms with Crippen LogP contribution in [-0.2, 0) is 14.3 Å². The number of ether oxygens (including phenoxy) is 2. The molecule has 0 bridgehead atoms. The second-order valence-corrected chi connectivity index (χ2v) is 19.0. The fourth-order valence-corrected chi connectivity index (χ4v) is 8.64.